The minimum absolute atomic E-state index is 0.0969. The number of hydrogen-bond donors (Lipinski definition) is 1. The fourth-order valence-corrected chi connectivity index (χ4v) is 2.86. The van der Waals surface area contributed by atoms with Crippen LogP contribution in [0.2, 0.25) is 0 Å². The van der Waals surface area contributed by atoms with Gasteiger partial charge in [0.05, 0.1) is 16.6 Å². The standard InChI is InChI=1S/C13H9F4NOS/c14-8-2-1-7(10(15)3-8)6-20(19)13-11(16)4-9(18)5-12(13)17/h1-5H,6,18H2. The molecule has 0 aliphatic rings. The monoisotopic (exact) mass is 303 g/mol. The minimum Gasteiger partial charge on any atom is -0.399 e. The van der Waals surface area contributed by atoms with Crippen LogP contribution in [0, 0.1) is 23.3 Å². The Kier molecular flexibility index (Phi) is 4.08. The van der Waals surface area contributed by atoms with E-state index in [0.717, 1.165) is 24.3 Å². The lowest BCUT2D eigenvalue weighted by Gasteiger charge is -2.07. The van der Waals surface area contributed by atoms with Crippen molar-refractivity contribution in [1.29, 1.82) is 0 Å². The largest absolute Gasteiger partial charge is 0.399 e. The molecule has 2 aromatic rings. The van der Waals surface area contributed by atoms with E-state index < -0.39 is 44.7 Å². The fourth-order valence-electron chi connectivity index (χ4n) is 1.65. The average molecular weight is 303 g/mol. The normalized spacial score (nSPS) is 12.4. The van der Waals surface area contributed by atoms with Crippen LogP contribution in [0.1, 0.15) is 5.56 Å². The Morgan fingerprint density at radius 2 is 1.55 bits per heavy atom. The zero-order valence-corrected chi connectivity index (χ0v) is 10.8. The van der Waals surface area contributed by atoms with E-state index in [1.807, 2.05) is 0 Å². The zero-order valence-electron chi connectivity index (χ0n) is 10.00. The summed E-state index contributed by atoms with van der Waals surface area (Å²) in [4.78, 5) is -0.678. The van der Waals surface area contributed by atoms with Crippen LogP contribution in [0.5, 0.6) is 0 Å². The number of halogens is 4. The lowest BCUT2D eigenvalue weighted by Crippen LogP contribution is -2.05. The lowest BCUT2D eigenvalue weighted by atomic mass is 10.2. The second-order valence-corrected chi connectivity index (χ2v) is 5.43. The molecule has 20 heavy (non-hydrogen) atoms. The molecule has 0 fully saturated rings. The van der Waals surface area contributed by atoms with Crippen LogP contribution < -0.4 is 5.73 Å². The van der Waals surface area contributed by atoms with Gasteiger partial charge in [-0.15, -0.1) is 0 Å². The molecular formula is C13H9F4NOS. The molecule has 2 N–H and O–H groups in total. The van der Waals surface area contributed by atoms with Crippen LogP contribution in [0.25, 0.3) is 0 Å². The van der Waals surface area contributed by atoms with Crippen molar-refractivity contribution in [2.24, 2.45) is 0 Å². The van der Waals surface area contributed by atoms with Crippen LogP contribution in [0.4, 0.5) is 23.2 Å². The number of benzene rings is 2. The van der Waals surface area contributed by atoms with Gasteiger partial charge < -0.3 is 5.73 Å². The van der Waals surface area contributed by atoms with E-state index in [-0.39, 0.29) is 11.3 Å². The minimum atomic E-state index is -2.15. The maximum atomic E-state index is 13.6. The first-order chi connectivity index (χ1) is 9.38. The fraction of sp³-hybridized carbons (Fsp3) is 0.0769. The van der Waals surface area contributed by atoms with Crippen LogP contribution in [-0.2, 0) is 16.6 Å². The highest BCUT2D eigenvalue weighted by atomic mass is 32.2. The Morgan fingerprint density at radius 3 is 2.10 bits per heavy atom. The molecule has 0 aliphatic heterocycles. The van der Waals surface area contributed by atoms with Gasteiger partial charge in [-0.2, -0.15) is 0 Å². The van der Waals surface area contributed by atoms with Crippen molar-refractivity contribution < 1.29 is 21.8 Å². The summed E-state index contributed by atoms with van der Waals surface area (Å²) in [6, 6.07) is 4.33. The number of anilines is 1. The van der Waals surface area contributed by atoms with Crippen LogP contribution in [0.3, 0.4) is 0 Å². The van der Waals surface area contributed by atoms with Crippen LogP contribution in [-0.4, -0.2) is 4.21 Å². The topological polar surface area (TPSA) is 43.1 Å². The summed E-state index contributed by atoms with van der Waals surface area (Å²) >= 11 is 0. The molecule has 106 valence electrons. The van der Waals surface area contributed by atoms with E-state index >= 15 is 0 Å². The third kappa shape index (κ3) is 2.98. The third-order valence-corrected chi connectivity index (χ3v) is 3.97. The molecule has 0 radical (unpaired) electrons. The van der Waals surface area contributed by atoms with Gasteiger partial charge in [-0.1, -0.05) is 6.07 Å². The number of rotatable bonds is 3. The van der Waals surface area contributed by atoms with E-state index in [0.29, 0.717) is 6.07 Å². The van der Waals surface area contributed by atoms with Crippen molar-refractivity contribution in [3.05, 3.63) is 59.2 Å². The van der Waals surface area contributed by atoms with Crippen molar-refractivity contribution in [2.75, 3.05) is 5.73 Å². The number of nitrogens with two attached hydrogens (primary N) is 1. The molecule has 1 unspecified atom stereocenters. The Bertz CT molecular complexity index is 667. The van der Waals surface area contributed by atoms with Gasteiger partial charge in [0.1, 0.15) is 28.2 Å². The summed E-state index contributed by atoms with van der Waals surface area (Å²) in [6.07, 6.45) is 0. The highest BCUT2D eigenvalue weighted by molar-refractivity contribution is 7.84. The van der Waals surface area contributed by atoms with Gasteiger partial charge in [-0.05, 0) is 18.2 Å². The summed E-state index contributed by atoms with van der Waals surface area (Å²) in [5.74, 6) is -4.31. The summed E-state index contributed by atoms with van der Waals surface area (Å²) in [7, 11) is -2.15. The van der Waals surface area contributed by atoms with Crippen molar-refractivity contribution >= 4 is 16.5 Å². The molecule has 0 amide bonds. The SMILES string of the molecule is Nc1cc(F)c(S(=O)Cc2ccc(F)cc2F)c(F)c1. The van der Waals surface area contributed by atoms with E-state index in [2.05, 4.69) is 0 Å². The lowest BCUT2D eigenvalue weighted by molar-refractivity contribution is 0.534. The zero-order chi connectivity index (χ0) is 14.9. The molecular weight excluding hydrogens is 294 g/mol. The van der Waals surface area contributed by atoms with Crippen molar-refractivity contribution in [3.63, 3.8) is 0 Å². The van der Waals surface area contributed by atoms with Gasteiger partial charge in [0.25, 0.3) is 0 Å². The molecule has 0 saturated heterocycles. The molecule has 0 aromatic heterocycles. The number of nitrogen functional groups attached to an aromatic ring is 1. The molecule has 0 aliphatic carbocycles. The Labute approximate surface area is 114 Å². The van der Waals surface area contributed by atoms with E-state index in [9.17, 15) is 21.8 Å². The average Bonchev–Trinajstić information content (AvgIpc) is 2.31. The van der Waals surface area contributed by atoms with Gasteiger partial charge in [0, 0.05) is 17.3 Å². The van der Waals surface area contributed by atoms with Gasteiger partial charge in [0.15, 0.2) is 0 Å². The first-order valence-corrected chi connectivity index (χ1v) is 6.77. The van der Waals surface area contributed by atoms with Crippen molar-refractivity contribution in [2.45, 2.75) is 10.6 Å². The molecule has 2 aromatic carbocycles. The van der Waals surface area contributed by atoms with Crippen molar-refractivity contribution in [1.82, 2.24) is 0 Å². The quantitative estimate of drug-likeness (QED) is 0.699. The Morgan fingerprint density at radius 1 is 0.950 bits per heavy atom. The Hall–Kier alpha value is -1.89. The predicted octanol–water partition coefficient (Wildman–Crippen LogP) is 3.13. The van der Waals surface area contributed by atoms with Crippen molar-refractivity contribution in [3.8, 4) is 0 Å². The van der Waals surface area contributed by atoms with Gasteiger partial charge in [0.2, 0.25) is 0 Å². The summed E-state index contributed by atoms with van der Waals surface area (Å²) in [6.45, 7) is 0. The Balaban J connectivity index is 2.33. The third-order valence-electron chi connectivity index (χ3n) is 2.55. The first kappa shape index (κ1) is 14.5. The first-order valence-electron chi connectivity index (χ1n) is 5.45. The highest BCUT2D eigenvalue weighted by Gasteiger charge is 2.18. The van der Waals surface area contributed by atoms with Crippen LogP contribution >= 0.6 is 0 Å². The smallest absolute Gasteiger partial charge is 0.144 e. The van der Waals surface area contributed by atoms with E-state index in [4.69, 9.17) is 5.73 Å². The second kappa shape index (κ2) is 5.62. The summed E-state index contributed by atoms with van der Waals surface area (Å²) in [5.41, 5.74) is 5.00. The molecule has 0 spiro atoms. The predicted molar refractivity (Wildman–Crippen MR) is 67.2 cm³/mol. The van der Waals surface area contributed by atoms with Gasteiger partial charge >= 0.3 is 0 Å². The van der Waals surface area contributed by atoms with Gasteiger partial charge in [-0.3, -0.25) is 4.21 Å². The van der Waals surface area contributed by atoms with Crippen LogP contribution in [0.15, 0.2) is 35.2 Å². The molecule has 1 atom stereocenters. The molecule has 2 rings (SSSR count). The maximum Gasteiger partial charge on any atom is 0.144 e. The number of hydrogen-bond acceptors (Lipinski definition) is 2. The molecule has 0 saturated carbocycles. The summed E-state index contributed by atoms with van der Waals surface area (Å²) in [5, 5.41) is 0. The molecule has 0 bridgehead atoms. The summed E-state index contributed by atoms with van der Waals surface area (Å²) < 4.78 is 65.2. The maximum absolute atomic E-state index is 13.6. The molecule has 0 heterocycles. The molecule has 2 nitrogen and oxygen atoms in total. The highest BCUT2D eigenvalue weighted by Crippen LogP contribution is 2.23. The van der Waals surface area contributed by atoms with Gasteiger partial charge in [-0.25, -0.2) is 17.6 Å². The van der Waals surface area contributed by atoms with E-state index in [1.165, 1.54) is 0 Å². The second-order valence-electron chi connectivity index (χ2n) is 4.04. The van der Waals surface area contributed by atoms with E-state index in [1.54, 1.807) is 0 Å². The molecule has 7 heteroatoms.